The molecular formula is C16H17N3O3. The van der Waals surface area contributed by atoms with Crippen molar-refractivity contribution in [2.75, 3.05) is 11.9 Å². The van der Waals surface area contributed by atoms with Crippen LogP contribution in [0.4, 0.5) is 5.69 Å². The molecule has 0 aliphatic rings. The molecule has 0 N–H and O–H groups in total. The molecule has 2 aromatic rings. The van der Waals surface area contributed by atoms with Crippen LogP contribution >= 0.6 is 0 Å². The van der Waals surface area contributed by atoms with Crippen molar-refractivity contribution in [2.24, 2.45) is 0 Å². The highest BCUT2D eigenvalue weighted by atomic mass is 16.5. The highest BCUT2D eigenvalue weighted by Crippen LogP contribution is 2.13. The summed E-state index contributed by atoms with van der Waals surface area (Å²) in [7, 11) is 1.63. The van der Waals surface area contributed by atoms with E-state index >= 15 is 0 Å². The number of nitrogens with zero attached hydrogens (tertiary/aromatic N) is 3. The van der Waals surface area contributed by atoms with Crippen LogP contribution in [-0.2, 0) is 9.53 Å². The first-order chi connectivity index (χ1) is 10.5. The molecule has 0 saturated carbocycles. The molecule has 0 radical (unpaired) electrons. The summed E-state index contributed by atoms with van der Waals surface area (Å²) in [6.45, 7) is 3.30. The van der Waals surface area contributed by atoms with E-state index in [4.69, 9.17) is 4.74 Å². The number of benzene rings is 1. The first-order valence-corrected chi connectivity index (χ1v) is 6.81. The van der Waals surface area contributed by atoms with E-state index in [1.54, 1.807) is 26.1 Å². The van der Waals surface area contributed by atoms with E-state index in [0.717, 1.165) is 5.69 Å². The summed E-state index contributed by atoms with van der Waals surface area (Å²) in [6, 6.07) is 9.13. The van der Waals surface area contributed by atoms with Crippen LogP contribution in [0.2, 0.25) is 0 Å². The van der Waals surface area contributed by atoms with E-state index < -0.39 is 12.1 Å². The Bertz CT molecular complexity index is 656. The van der Waals surface area contributed by atoms with Gasteiger partial charge in [-0.1, -0.05) is 18.2 Å². The lowest BCUT2D eigenvalue weighted by Crippen LogP contribution is -2.37. The fraction of sp³-hybridized carbons (Fsp3) is 0.250. The Morgan fingerprint density at radius 3 is 2.41 bits per heavy atom. The molecular weight excluding hydrogens is 282 g/mol. The van der Waals surface area contributed by atoms with Crippen molar-refractivity contribution in [3.63, 3.8) is 0 Å². The van der Waals surface area contributed by atoms with Crippen LogP contribution in [0, 0.1) is 6.92 Å². The topological polar surface area (TPSA) is 72.4 Å². The van der Waals surface area contributed by atoms with Crippen molar-refractivity contribution in [1.29, 1.82) is 0 Å². The summed E-state index contributed by atoms with van der Waals surface area (Å²) in [5.74, 6) is -0.991. The molecule has 0 spiro atoms. The Morgan fingerprint density at radius 1 is 1.14 bits per heavy atom. The summed E-state index contributed by atoms with van der Waals surface area (Å²) in [5, 5.41) is 0. The molecule has 0 fully saturated rings. The first kappa shape index (κ1) is 15.6. The van der Waals surface area contributed by atoms with Gasteiger partial charge in [-0.3, -0.25) is 9.78 Å². The molecule has 0 aliphatic carbocycles. The highest BCUT2D eigenvalue weighted by molar-refractivity contribution is 5.98. The van der Waals surface area contributed by atoms with E-state index in [-0.39, 0.29) is 11.6 Å². The fourth-order valence-electron chi connectivity index (χ4n) is 1.82. The second-order valence-electron chi connectivity index (χ2n) is 4.82. The van der Waals surface area contributed by atoms with E-state index in [1.807, 2.05) is 18.2 Å². The normalized spacial score (nSPS) is 11.6. The van der Waals surface area contributed by atoms with Crippen LogP contribution in [0.15, 0.2) is 42.7 Å². The van der Waals surface area contributed by atoms with Crippen molar-refractivity contribution in [1.82, 2.24) is 9.97 Å². The van der Waals surface area contributed by atoms with Crippen molar-refractivity contribution in [2.45, 2.75) is 20.0 Å². The van der Waals surface area contributed by atoms with Crippen molar-refractivity contribution in [3.05, 3.63) is 54.1 Å². The SMILES string of the molecule is Cc1cnc(C(=O)O[C@@H](C)C(=O)N(C)c2ccccc2)cn1. The standard InChI is InChI=1S/C16H17N3O3/c1-11-9-18-14(10-17-11)16(21)22-12(2)15(20)19(3)13-7-5-4-6-8-13/h4-10,12H,1-3H3/t12-/m0/s1. The van der Waals surface area contributed by atoms with Gasteiger partial charge in [-0.15, -0.1) is 0 Å². The smallest absolute Gasteiger partial charge is 0.359 e. The highest BCUT2D eigenvalue weighted by Gasteiger charge is 2.23. The second-order valence-corrected chi connectivity index (χ2v) is 4.82. The zero-order valence-electron chi connectivity index (χ0n) is 12.7. The van der Waals surface area contributed by atoms with Crippen LogP contribution in [0.1, 0.15) is 23.1 Å². The minimum absolute atomic E-state index is 0.0765. The predicted octanol–water partition coefficient (Wildman–Crippen LogP) is 1.99. The third kappa shape index (κ3) is 3.66. The van der Waals surface area contributed by atoms with Crippen molar-refractivity contribution in [3.8, 4) is 0 Å². The van der Waals surface area contributed by atoms with Gasteiger partial charge in [0, 0.05) is 18.9 Å². The molecule has 1 heterocycles. The molecule has 0 unspecified atom stereocenters. The summed E-state index contributed by atoms with van der Waals surface area (Å²) in [4.78, 5) is 33.6. The van der Waals surface area contributed by atoms with Crippen LogP contribution in [0.25, 0.3) is 0 Å². The molecule has 6 heteroatoms. The molecule has 114 valence electrons. The largest absolute Gasteiger partial charge is 0.448 e. The quantitative estimate of drug-likeness (QED) is 0.807. The van der Waals surface area contributed by atoms with Gasteiger partial charge in [0.25, 0.3) is 5.91 Å². The number of hydrogen-bond acceptors (Lipinski definition) is 5. The number of aryl methyl sites for hydroxylation is 1. The maximum absolute atomic E-state index is 12.3. The summed E-state index contributed by atoms with van der Waals surface area (Å²) in [6.07, 6.45) is 1.88. The van der Waals surface area contributed by atoms with E-state index in [9.17, 15) is 9.59 Å². The Morgan fingerprint density at radius 2 is 1.82 bits per heavy atom. The van der Waals surface area contributed by atoms with Gasteiger partial charge in [-0.2, -0.15) is 0 Å². The molecule has 0 aliphatic heterocycles. The van der Waals surface area contributed by atoms with Gasteiger partial charge in [0.15, 0.2) is 11.8 Å². The van der Waals surface area contributed by atoms with Gasteiger partial charge in [0.05, 0.1) is 11.9 Å². The lowest BCUT2D eigenvalue weighted by atomic mass is 10.2. The van der Waals surface area contributed by atoms with Crippen molar-refractivity contribution >= 4 is 17.6 Å². The van der Waals surface area contributed by atoms with Crippen LogP contribution in [-0.4, -0.2) is 35.0 Å². The number of carbonyl (C=O) groups is 2. The van der Waals surface area contributed by atoms with E-state index in [1.165, 1.54) is 24.2 Å². The Labute approximate surface area is 128 Å². The predicted molar refractivity (Wildman–Crippen MR) is 81.5 cm³/mol. The molecule has 1 aromatic heterocycles. The summed E-state index contributed by atoms with van der Waals surface area (Å²) >= 11 is 0. The average Bonchev–Trinajstić information content (AvgIpc) is 2.54. The third-order valence-corrected chi connectivity index (χ3v) is 3.10. The molecule has 1 amide bonds. The maximum Gasteiger partial charge on any atom is 0.359 e. The zero-order valence-corrected chi connectivity index (χ0v) is 12.7. The zero-order chi connectivity index (χ0) is 16.1. The third-order valence-electron chi connectivity index (χ3n) is 3.10. The molecule has 0 bridgehead atoms. The van der Waals surface area contributed by atoms with Gasteiger partial charge in [0.2, 0.25) is 0 Å². The number of ether oxygens (including phenoxy) is 1. The Hall–Kier alpha value is -2.76. The average molecular weight is 299 g/mol. The monoisotopic (exact) mass is 299 g/mol. The van der Waals surface area contributed by atoms with Gasteiger partial charge >= 0.3 is 5.97 Å². The second kappa shape index (κ2) is 6.80. The van der Waals surface area contributed by atoms with Crippen LogP contribution < -0.4 is 4.90 Å². The van der Waals surface area contributed by atoms with Crippen LogP contribution in [0.3, 0.4) is 0 Å². The molecule has 0 saturated heterocycles. The molecule has 1 aromatic carbocycles. The number of rotatable bonds is 4. The van der Waals surface area contributed by atoms with Gasteiger partial charge in [0.1, 0.15) is 0 Å². The van der Waals surface area contributed by atoms with E-state index in [0.29, 0.717) is 5.69 Å². The summed E-state index contributed by atoms with van der Waals surface area (Å²) < 4.78 is 5.15. The minimum Gasteiger partial charge on any atom is -0.448 e. The lowest BCUT2D eigenvalue weighted by Gasteiger charge is -2.21. The summed E-state index contributed by atoms with van der Waals surface area (Å²) in [5.41, 5.74) is 1.50. The Balaban J connectivity index is 2.02. The number of likely N-dealkylation sites (N-methyl/N-ethyl adjacent to an activating group) is 1. The number of para-hydroxylation sites is 1. The lowest BCUT2D eigenvalue weighted by molar-refractivity contribution is -0.126. The van der Waals surface area contributed by atoms with Gasteiger partial charge in [-0.25, -0.2) is 9.78 Å². The fourth-order valence-corrected chi connectivity index (χ4v) is 1.82. The van der Waals surface area contributed by atoms with E-state index in [2.05, 4.69) is 9.97 Å². The molecule has 22 heavy (non-hydrogen) atoms. The van der Waals surface area contributed by atoms with Gasteiger partial charge in [-0.05, 0) is 26.0 Å². The minimum atomic E-state index is -0.916. The van der Waals surface area contributed by atoms with Crippen molar-refractivity contribution < 1.29 is 14.3 Å². The van der Waals surface area contributed by atoms with Gasteiger partial charge < -0.3 is 9.64 Å². The number of aromatic nitrogens is 2. The molecule has 1 atom stereocenters. The number of esters is 1. The first-order valence-electron chi connectivity index (χ1n) is 6.81. The Kier molecular flexibility index (Phi) is 4.83. The molecule has 6 nitrogen and oxygen atoms in total. The number of carbonyl (C=O) groups excluding carboxylic acids is 2. The number of anilines is 1. The number of hydrogen-bond donors (Lipinski definition) is 0. The number of amides is 1. The maximum atomic E-state index is 12.3. The van der Waals surface area contributed by atoms with Crippen LogP contribution in [0.5, 0.6) is 0 Å². The molecule has 2 rings (SSSR count).